The number of piperazine rings is 1. The first-order valence-electron chi connectivity index (χ1n) is 6.93. The van der Waals surface area contributed by atoms with Crippen molar-refractivity contribution in [2.24, 2.45) is 0 Å². The molecule has 20 heavy (non-hydrogen) atoms. The minimum Gasteiger partial charge on any atom is -0.312 e. The second-order valence-corrected chi connectivity index (χ2v) is 7.44. The molecule has 1 fully saturated rings. The lowest BCUT2D eigenvalue weighted by Gasteiger charge is -2.31. The number of nitrogens with one attached hydrogen (secondary N) is 1. The number of rotatable bonds is 2. The van der Waals surface area contributed by atoms with E-state index < -0.39 is 10.0 Å². The van der Waals surface area contributed by atoms with Crippen LogP contribution in [0.4, 0.5) is 0 Å². The van der Waals surface area contributed by atoms with Gasteiger partial charge in [0.25, 0.3) is 0 Å². The monoisotopic (exact) mass is 316 g/mol. The second-order valence-electron chi connectivity index (χ2n) is 5.50. The second kappa shape index (κ2) is 6.02. The van der Waals surface area contributed by atoms with E-state index in [1.54, 1.807) is 10.4 Å². The Morgan fingerprint density at radius 3 is 2.75 bits per heavy atom. The van der Waals surface area contributed by atoms with Crippen molar-refractivity contribution in [3.8, 4) is 0 Å². The first-order valence-corrected chi connectivity index (χ1v) is 8.37. The lowest BCUT2D eigenvalue weighted by molar-refractivity contribution is 0.310. The maximum Gasteiger partial charge on any atom is 0.243 e. The number of nitrogens with zero attached hydrogens (tertiary/aromatic N) is 1. The lowest BCUT2D eigenvalue weighted by atomic mass is 10.1. The van der Waals surface area contributed by atoms with Crippen LogP contribution in [0.25, 0.3) is 0 Å². The van der Waals surface area contributed by atoms with E-state index in [9.17, 15) is 8.42 Å². The summed E-state index contributed by atoms with van der Waals surface area (Å²) in [5, 5.41) is 3.27. The molecule has 112 valence electrons. The van der Waals surface area contributed by atoms with Crippen LogP contribution in [0, 0.1) is 0 Å². The van der Waals surface area contributed by atoms with Gasteiger partial charge in [0.15, 0.2) is 0 Å². The van der Waals surface area contributed by atoms with E-state index in [1.165, 1.54) is 11.1 Å². The van der Waals surface area contributed by atoms with Gasteiger partial charge in [-0.25, -0.2) is 8.42 Å². The molecule has 0 radical (unpaired) electrons. The zero-order valence-electron chi connectivity index (χ0n) is 11.6. The summed E-state index contributed by atoms with van der Waals surface area (Å²) in [7, 11) is -3.32. The van der Waals surface area contributed by atoms with Crippen molar-refractivity contribution in [3.63, 3.8) is 0 Å². The fraction of sp³-hybridized carbons (Fsp3) is 0.571. The van der Waals surface area contributed by atoms with E-state index in [4.69, 9.17) is 0 Å². The summed E-state index contributed by atoms with van der Waals surface area (Å²) in [5.41, 5.74) is 2.52. The third-order valence-corrected chi connectivity index (χ3v) is 5.90. The largest absolute Gasteiger partial charge is 0.312 e. The fourth-order valence-corrected chi connectivity index (χ4v) is 4.55. The van der Waals surface area contributed by atoms with Crippen molar-refractivity contribution in [1.29, 1.82) is 0 Å². The number of halogens is 1. The van der Waals surface area contributed by atoms with Crippen LogP contribution in [0.5, 0.6) is 0 Å². The zero-order valence-corrected chi connectivity index (χ0v) is 13.3. The van der Waals surface area contributed by atoms with E-state index in [0.717, 1.165) is 25.8 Å². The molecule has 1 aromatic carbocycles. The number of fused-ring (bicyclic) bond motifs is 1. The highest BCUT2D eigenvalue weighted by molar-refractivity contribution is 7.89. The predicted octanol–water partition coefficient (Wildman–Crippen LogP) is 1.58. The molecule has 1 aliphatic carbocycles. The molecule has 1 N–H and O–H groups in total. The van der Waals surface area contributed by atoms with E-state index in [2.05, 4.69) is 5.32 Å². The first kappa shape index (κ1) is 15.8. The molecule has 1 atom stereocenters. The molecule has 0 amide bonds. The molecule has 0 spiro atoms. The Labute approximate surface area is 127 Å². The van der Waals surface area contributed by atoms with E-state index in [1.807, 2.05) is 19.1 Å². The standard InChI is InChI=1S/C14H20N2O2S.ClH/c1-11-10-16(8-7-15-11)19(17,18)14-6-5-12-3-2-4-13(12)9-14;/h5-6,9,11,15H,2-4,7-8,10H2,1H3;1H/t11-;/m0./s1. The van der Waals surface area contributed by atoms with Crippen molar-refractivity contribution in [3.05, 3.63) is 29.3 Å². The minimum atomic E-state index is -3.32. The van der Waals surface area contributed by atoms with E-state index >= 15 is 0 Å². The van der Waals surface area contributed by atoms with Gasteiger partial charge >= 0.3 is 0 Å². The fourth-order valence-electron chi connectivity index (χ4n) is 2.97. The maximum absolute atomic E-state index is 12.6. The summed E-state index contributed by atoms with van der Waals surface area (Å²) in [6, 6.07) is 5.86. The Balaban J connectivity index is 0.00000147. The predicted molar refractivity (Wildman–Crippen MR) is 81.9 cm³/mol. The molecule has 0 saturated carbocycles. The van der Waals surface area contributed by atoms with Gasteiger partial charge in [0.2, 0.25) is 10.0 Å². The van der Waals surface area contributed by atoms with Gasteiger partial charge in [0, 0.05) is 25.7 Å². The average Bonchev–Trinajstić information content (AvgIpc) is 2.85. The minimum absolute atomic E-state index is 0. The van der Waals surface area contributed by atoms with Gasteiger partial charge in [-0.05, 0) is 49.4 Å². The van der Waals surface area contributed by atoms with Crippen LogP contribution in [0.3, 0.4) is 0 Å². The molecule has 4 nitrogen and oxygen atoms in total. The van der Waals surface area contributed by atoms with Crippen LogP contribution in [0.1, 0.15) is 24.5 Å². The van der Waals surface area contributed by atoms with Gasteiger partial charge < -0.3 is 5.32 Å². The number of aryl methyl sites for hydroxylation is 2. The zero-order chi connectivity index (χ0) is 13.5. The van der Waals surface area contributed by atoms with Crippen molar-refractivity contribution >= 4 is 22.4 Å². The van der Waals surface area contributed by atoms with Gasteiger partial charge in [-0.3, -0.25) is 0 Å². The van der Waals surface area contributed by atoms with E-state index in [0.29, 0.717) is 18.0 Å². The van der Waals surface area contributed by atoms with Crippen molar-refractivity contribution in [1.82, 2.24) is 9.62 Å². The molecule has 1 heterocycles. The Hall–Kier alpha value is -0.620. The summed E-state index contributed by atoms with van der Waals surface area (Å²) >= 11 is 0. The highest BCUT2D eigenvalue weighted by atomic mass is 35.5. The van der Waals surface area contributed by atoms with Gasteiger partial charge in [0.1, 0.15) is 0 Å². The third kappa shape index (κ3) is 2.86. The van der Waals surface area contributed by atoms with Crippen molar-refractivity contribution in [2.75, 3.05) is 19.6 Å². The van der Waals surface area contributed by atoms with Crippen molar-refractivity contribution < 1.29 is 8.42 Å². The molecule has 3 rings (SSSR count). The Morgan fingerprint density at radius 1 is 1.25 bits per heavy atom. The number of hydrogen-bond donors (Lipinski definition) is 1. The Morgan fingerprint density at radius 2 is 2.00 bits per heavy atom. The molecule has 2 aliphatic rings. The SMILES string of the molecule is C[C@H]1CN(S(=O)(=O)c2ccc3c(c2)CCC3)CCN1.Cl. The average molecular weight is 317 g/mol. The highest BCUT2D eigenvalue weighted by Gasteiger charge is 2.29. The highest BCUT2D eigenvalue weighted by Crippen LogP contribution is 2.26. The smallest absolute Gasteiger partial charge is 0.243 e. The van der Waals surface area contributed by atoms with Crippen LogP contribution in [-0.2, 0) is 22.9 Å². The van der Waals surface area contributed by atoms with Gasteiger partial charge in [-0.2, -0.15) is 4.31 Å². The number of benzene rings is 1. The molecule has 0 bridgehead atoms. The van der Waals surface area contributed by atoms with Gasteiger partial charge in [-0.1, -0.05) is 6.07 Å². The van der Waals surface area contributed by atoms with Crippen molar-refractivity contribution in [2.45, 2.75) is 37.1 Å². The summed E-state index contributed by atoms with van der Waals surface area (Å²) in [5.74, 6) is 0. The van der Waals surface area contributed by atoms with Gasteiger partial charge in [-0.15, -0.1) is 12.4 Å². The van der Waals surface area contributed by atoms with Crippen LogP contribution in [-0.4, -0.2) is 38.4 Å². The van der Waals surface area contributed by atoms with Crippen LogP contribution in [0.15, 0.2) is 23.1 Å². The quantitative estimate of drug-likeness (QED) is 0.901. The third-order valence-electron chi connectivity index (χ3n) is 4.04. The summed E-state index contributed by atoms with van der Waals surface area (Å²) in [6.07, 6.45) is 3.24. The van der Waals surface area contributed by atoms with Gasteiger partial charge in [0.05, 0.1) is 4.90 Å². The summed E-state index contributed by atoms with van der Waals surface area (Å²) in [6.45, 7) is 3.86. The normalized spacial score (nSPS) is 23.1. The lowest BCUT2D eigenvalue weighted by Crippen LogP contribution is -2.51. The molecule has 1 saturated heterocycles. The summed E-state index contributed by atoms with van der Waals surface area (Å²) < 4.78 is 26.9. The molecule has 1 aromatic rings. The molecular weight excluding hydrogens is 296 g/mol. The molecule has 6 heteroatoms. The topological polar surface area (TPSA) is 49.4 Å². The Bertz CT molecular complexity index is 589. The summed E-state index contributed by atoms with van der Waals surface area (Å²) in [4.78, 5) is 0.460. The molecule has 1 aliphatic heterocycles. The van der Waals surface area contributed by atoms with Crippen LogP contribution < -0.4 is 5.32 Å². The maximum atomic E-state index is 12.6. The first-order chi connectivity index (χ1) is 9.07. The van der Waals surface area contributed by atoms with Crippen LogP contribution in [0.2, 0.25) is 0 Å². The van der Waals surface area contributed by atoms with E-state index in [-0.39, 0.29) is 18.4 Å². The number of hydrogen-bond acceptors (Lipinski definition) is 3. The molecule has 0 unspecified atom stereocenters. The number of sulfonamides is 1. The molecular formula is C14H21ClN2O2S. The molecule has 0 aromatic heterocycles. The Kier molecular flexibility index (Phi) is 4.74. The van der Waals surface area contributed by atoms with Crippen LogP contribution >= 0.6 is 12.4 Å².